The molecule has 0 aromatic rings. The predicted octanol–water partition coefficient (Wildman–Crippen LogP) is 1.28. The van der Waals surface area contributed by atoms with Crippen LogP contribution >= 0.6 is 0 Å². The normalized spacial score (nSPS) is 13.4. The number of terminal acetylenes is 1. The lowest BCUT2D eigenvalue weighted by Crippen LogP contribution is -2.03. The zero-order chi connectivity index (χ0) is 7.98. The van der Waals surface area contributed by atoms with E-state index in [4.69, 9.17) is 11.5 Å². The highest BCUT2D eigenvalue weighted by molar-refractivity contribution is 5.30. The third-order valence-corrected chi connectivity index (χ3v) is 1.02. The van der Waals surface area contributed by atoms with Gasteiger partial charge in [0.15, 0.2) is 0 Å². The van der Waals surface area contributed by atoms with Crippen molar-refractivity contribution < 1.29 is 5.11 Å². The van der Waals surface area contributed by atoms with E-state index in [9.17, 15) is 0 Å². The van der Waals surface area contributed by atoms with Gasteiger partial charge in [-0.3, -0.25) is 0 Å². The van der Waals surface area contributed by atoms with E-state index in [1.165, 1.54) is 6.08 Å². The summed E-state index contributed by atoms with van der Waals surface area (Å²) in [4.78, 5) is 0. The van der Waals surface area contributed by atoms with E-state index in [2.05, 4.69) is 19.1 Å². The third-order valence-electron chi connectivity index (χ3n) is 1.02. The summed E-state index contributed by atoms with van der Waals surface area (Å²) >= 11 is 0. The molecule has 0 saturated heterocycles. The van der Waals surface area contributed by atoms with Crippen LogP contribution in [0.1, 0.15) is 0 Å². The van der Waals surface area contributed by atoms with Crippen molar-refractivity contribution in [2.75, 3.05) is 0 Å². The van der Waals surface area contributed by atoms with Gasteiger partial charge in [0.25, 0.3) is 0 Å². The van der Waals surface area contributed by atoms with Crippen LogP contribution in [-0.4, -0.2) is 11.2 Å². The van der Waals surface area contributed by atoms with Gasteiger partial charge in [0.1, 0.15) is 6.10 Å². The van der Waals surface area contributed by atoms with Crippen LogP contribution in [0.5, 0.6) is 0 Å². The van der Waals surface area contributed by atoms with Gasteiger partial charge in [-0.1, -0.05) is 37.3 Å². The quantitative estimate of drug-likeness (QED) is 0.455. The molecule has 0 aromatic heterocycles. The molecule has 1 atom stereocenters. The van der Waals surface area contributed by atoms with Crippen LogP contribution in [0.3, 0.4) is 0 Å². The fourth-order valence-corrected chi connectivity index (χ4v) is 0.503. The molecule has 0 aliphatic rings. The van der Waals surface area contributed by atoms with E-state index >= 15 is 0 Å². The molecule has 52 valence electrons. The van der Waals surface area contributed by atoms with E-state index in [0.717, 1.165) is 0 Å². The minimum absolute atomic E-state index is 0.595. The van der Waals surface area contributed by atoms with Crippen LogP contribution in [0.4, 0.5) is 0 Å². The molecule has 0 saturated carbocycles. The van der Waals surface area contributed by atoms with Crippen LogP contribution < -0.4 is 0 Å². The first-order valence-corrected chi connectivity index (χ1v) is 2.85. The van der Waals surface area contributed by atoms with Gasteiger partial charge in [-0.15, -0.1) is 6.42 Å². The number of hydrogen-bond donors (Lipinski definition) is 1. The number of hydrogen-bond acceptors (Lipinski definition) is 1. The Morgan fingerprint density at radius 2 is 2.20 bits per heavy atom. The van der Waals surface area contributed by atoms with Crippen molar-refractivity contribution in [1.82, 2.24) is 0 Å². The highest BCUT2D eigenvalue weighted by atomic mass is 16.3. The summed E-state index contributed by atoms with van der Waals surface area (Å²) < 4.78 is 0. The maximum absolute atomic E-state index is 9.03. The number of rotatable bonds is 3. The van der Waals surface area contributed by atoms with Crippen molar-refractivity contribution >= 4 is 0 Å². The van der Waals surface area contributed by atoms with Crippen molar-refractivity contribution in [3.63, 3.8) is 0 Å². The molecule has 1 heteroatoms. The summed E-state index contributed by atoms with van der Waals surface area (Å²) in [6.45, 7) is 6.94. The first-order valence-electron chi connectivity index (χ1n) is 2.85. The van der Waals surface area contributed by atoms with Crippen LogP contribution in [0, 0.1) is 12.3 Å². The zero-order valence-electron chi connectivity index (χ0n) is 5.75. The SMILES string of the molecule is C#CC(O)/C(C=C)=C/C=C. The van der Waals surface area contributed by atoms with E-state index in [-0.39, 0.29) is 0 Å². The standard InChI is InChI=1S/C9H10O/c1-4-7-8(5-2)9(10)6-3/h3-5,7,9-10H,1-2H2/b8-7+. The molecule has 0 aliphatic carbocycles. The molecule has 0 amide bonds. The monoisotopic (exact) mass is 134 g/mol. The summed E-state index contributed by atoms with van der Waals surface area (Å²) in [6.07, 6.45) is 8.77. The third kappa shape index (κ3) is 2.34. The number of allylic oxidation sites excluding steroid dienone is 2. The smallest absolute Gasteiger partial charge is 0.139 e. The Morgan fingerprint density at radius 3 is 2.50 bits per heavy atom. The molecular formula is C9H10O. The van der Waals surface area contributed by atoms with E-state index in [1.54, 1.807) is 12.2 Å². The molecule has 0 spiro atoms. The van der Waals surface area contributed by atoms with Crippen molar-refractivity contribution in [2.24, 2.45) is 0 Å². The average Bonchev–Trinajstić information content (AvgIpc) is 1.99. The van der Waals surface area contributed by atoms with Crippen molar-refractivity contribution in [1.29, 1.82) is 0 Å². The number of aliphatic hydroxyl groups excluding tert-OH is 1. The lowest BCUT2D eigenvalue weighted by atomic mass is 10.1. The molecule has 1 N–H and O–H groups in total. The van der Waals surface area contributed by atoms with Crippen molar-refractivity contribution in [2.45, 2.75) is 6.10 Å². The topological polar surface area (TPSA) is 20.2 Å². The van der Waals surface area contributed by atoms with Gasteiger partial charge in [-0.2, -0.15) is 0 Å². The Morgan fingerprint density at radius 1 is 1.60 bits per heavy atom. The molecule has 0 rings (SSSR count). The molecule has 0 aromatic carbocycles. The molecule has 0 heterocycles. The van der Waals surface area contributed by atoms with Crippen LogP contribution in [0.2, 0.25) is 0 Å². The van der Waals surface area contributed by atoms with Gasteiger partial charge in [0.2, 0.25) is 0 Å². The van der Waals surface area contributed by atoms with Gasteiger partial charge in [-0.25, -0.2) is 0 Å². The van der Waals surface area contributed by atoms with E-state index < -0.39 is 6.10 Å². The maximum atomic E-state index is 9.03. The van der Waals surface area contributed by atoms with Crippen molar-refractivity contribution in [3.05, 3.63) is 37.0 Å². The average molecular weight is 134 g/mol. The van der Waals surface area contributed by atoms with E-state index in [0.29, 0.717) is 5.57 Å². The van der Waals surface area contributed by atoms with Crippen molar-refractivity contribution in [3.8, 4) is 12.3 Å². The molecule has 1 nitrogen and oxygen atoms in total. The predicted molar refractivity (Wildman–Crippen MR) is 43.3 cm³/mol. The Balaban J connectivity index is 4.37. The molecule has 0 bridgehead atoms. The van der Waals surface area contributed by atoms with Gasteiger partial charge >= 0.3 is 0 Å². The summed E-state index contributed by atoms with van der Waals surface area (Å²) in [6, 6.07) is 0. The first-order chi connectivity index (χ1) is 4.76. The Labute approximate surface area is 61.4 Å². The Bertz CT molecular complexity index is 193. The fourth-order valence-electron chi connectivity index (χ4n) is 0.503. The maximum Gasteiger partial charge on any atom is 0.139 e. The molecule has 0 fully saturated rings. The number of aliphatic hydroxyl groups is 1. The second kappa shape index (κ2) is 4.60. The summed E-state index contributed by atoms with van der Waals surface area (Å²) in [5.74, 6) is 2.17. The summed E-state index contributed by atoms with van der Waals surface area (Å²) in [5.41, 5.74) is 0.595. The second-order valence-electron chi connectivity index (χ2n) is 1.68. The summed E-state index contributed by atoms with van der Waals surface area (Å²) in [5, 5.41) is 9.03. The van der Waals surface area contributed by atoms with Gasteiger partial charge in [0, 0.05) is 0 Å². The lowest BCUT2D eigenvalue weighted by molar-refractivity contribution is 0.272. The van der Waals surface area contributed by atoms with Gasteiger partial charge < -0.3 is 5.11 Å². The second-order valence-corrected chi connectivity index (χ2v) is 1.68. The minimum Gasteiger partial charge on any atom is -0.376 e. The van der Waals surface area contributed by atoms with Crippen LogP contribution in [0.15, 0.2) is 37.0 Å². The molecule has 1 unspecified atom stereocenters. The largest absolute Gasteiger partial charge is 0.376 e. The lowest BCUT2D eigenvalue weighted by Gasteiger charge is -2.01. The van der Waals surface area contributed by atoms with Crippen LogP contribution in [-0.2, 0) is 0 Å². The molecule has 0 aliphatic heterocycles. The Kier molecular flexibility index (Phi) is 4.02. The molecule has 10 heavy (non-hydrogen) atoms. The fraction of sp³-hybridized carbons (Fsp3) is 0.111. The van der Waals surface area contributed by atoms with Crippen LogP contribution in [0.25, 0.3) is 0 Å². The summed E-state index contributed by atoms with van der Waals surface area (Å²) in [7, 11) is 0. The van der Waals surface area contributed by atoms with E-state index in [1.807, 2.05) is 0 Å². The van der Waals surface area contributed by atoms with Gasteiger partial charge in [0.05, 0.1) is 0 Å². The molecular weight excluding hydrogens is 124 g/mol. The first kappa shape index (κ1) is 8.74. The van der Waals surface area contributed by atoms with Gasteiger partial charge in [-0.05, 0) is 5.57 Å². The Hall–Kier alpha value is -1.26. The highest BCUT2D eigenvalue weighted by Crippen LogP contribution is 2.01. The minimum atomic E-state index is -0.865. The molecule has 0 radical (unpaired) electrons. The highest BCUT2D eigenvalue weighted by Gasteiger charge is 1.99. The zero-order valence-corrected chi connectivity index (χ0v) is 5.75.